The molecule has 0 saturated carbocycles. The zero-order chi connectivity index (χ0) is 19.9. The van der Waals surface area contributed by atoms with Gasteiger partial charge < -0.3 is 0 Å². The summed E-state index contributed by atoms with van der Waals surface area (Å²) in [5.74, 6) is 0. The predicted octanol–water partition coefficient (Wildman–Crippen LogP) is 6.09. The molecule has 0 aliphatic rings. The number of hydrogen-bond donors (Lipinski definition) is 0. The highest BCUT2D eigenvalue weighted by atomic mass is 79.9. The molecule has 28 heavy (non-hydrogen) atoms. The quantitative estimate of drug-likeness (QED) is 0.346. The summed E-state index contributed by atoms with van der Waals surface area (Å²) in [6.45, 7) is 0. The fourth-order valence-electron chi connectivity index (χ4n) is 2.86. The smallest absolute Gasteiger partial charge is 0.175 e. The fourth-order valence-corrected chi connectivity index (χ4v) is 5.62. The third-order valence-electron chi connectivity index (χ3n) is 4.19. The van der Waals surface area contributed by atoms with Crippen LogP contribution < -0.4 is 0 Å². The van der Waals surface area contributed by atoms with Gasteiger partial charge in [-0.2, -0.15) is 5.10 Å². The monoisotopic (exact) mass is 492 g/mol. The highest BCUT2D eigenvalue weighted by Gasteiger charge is 2.17. The third kappa shape index (κ3) is 3.67. The van der Waals surface area contributed by atoms with Gasteiger partial charge in [-0.25, -0.2) is 13.1 Å². The Bertz CT molecular complexity index is 1280. The van der Waals surface area contributed by atoms with Gasteiger partial charge in [0.05, 0.1) is 32.4 Å². The van der Waals surface area contributed by atoms with Crippen LogP contribution in [0, 0.1) is 0 Å². The van der Waals surface area contributed by atoms with Crippen molar-refractivity contribution in [3.8, 4) is 26.7 Å². The molecule has 0 atom stereocenters. The molecular formula is C20H14BrClN2O2S2. The molecule has 0 N–H and O–H groups in total. The Hall–Kier alpha value is -1.93. The second kappa shape index (κ2) is 7.48. The summed E-state index contributed by atoms with van der Waals surface area (Å²) in [5, 5.41) is 5.04. The minimum Gasteiger partial charge on any atom is -0.231 e. The number of rotatable bonds is 4. The number of hydrogen-bond acceptors (Lipinski definition) is 4. The summed E-state index contributed by atoms with van der Waals surface area (Å²) >= 11 is 11.5. The molecule has 0 saturated heterocycles. The van der Waals surface area contributed by atoms with E-state index in [2.05, 4.69) is 21.0 Å². The van der Waals surface area contributed by atoms with Gasteiger partial charge in [0.1, 0.15) is 0 Å². The van der Waals surface area contributed by atoms with Crippen molar-refractivity contribution in [3.63, 3.8) is 0 Å². The van der Waals surface area contributed by atoms with Crippen LogP contribution in [0.5, 0.6) is 0 Å². The maximum atomic E-state index is 11.9. The predicted molar refractivity (Wildman–Crippen MR) is 118 cm³/mol. The van der Waals surface area contributed by atoms with Gasteiger partial charge in [-0.15, -0.1) is 11.3 Å². The molecule has 142 valence electrons. The lowest BCUT2D eigenvalue weighted by atomic mass is 10.2. The van der Waals surface area contributed by atoms with Gasteiger partial charge >= 0.3 is 0 Å². The Balaban J connectivity index is 1.81. The molecule has 0 radical (unpaired) electrons. The van der Waals surface area contributed by atoms with Gasteiger partial charge in [0, 0.05) is 15.6 Å². The van der Waals surface area contributed by atoms with Crippen molar-refractivity contribution >= 4 is 48.7 Å². The van der Waals surface area contributed by atoms with Crippen LogP contribution in [0.3, 0.4) is 0 Å². The lowest BCUT2D eigenvalue weighted by Crippen LogP contribution is -1.98. The van der Waals surface area contributed by atoms with Crippen LogP contribution in [0.1, 0.15) is 0 Å². The molecule has 0 amide bonds. The number of thiophene rings is 1. The summed E-state index contributed by atoms with van der Waals surface area (Å²) in [7, 11) is -3.26. The van der Waals surface area contributed by atoms with Crippen molar-refractivity contribution in [1.82, 2.24) is 9.78 Å². The molecule has 0 aliphatic carbocycles. The van der Waals surface area contributed by atoms with E-state index in [1.54, 1.807) is 40.4 Å². The molecular weight excluding hydrogens is 480 g/mol. The molecule has 2 aromatic carbocycles. The van der Waals surface area contributed by atoms with Gasteiger partial charge in [-0.3, -0.25) is 0 Å². The zero-order valence-electron chi connectivity index (χ0n) is 14.6. The van der Waals surface area contributed by atoms with Crippen molar-refractivity contribution in [2.45, 2.75) is 4.90 Å². The standard InChI is InChI=1S/C20H14BrClN2O2S2/c1-28(25,26)14-6-4-5-13(11-14)19-12-15(21)20(27-19)18-9-10-23-24(18)17-8-3-2-7-16(17)22/h2-12H,1H3. The number of sulfone groups is 1. The van der Waals surface area contributed by atoms with Gasteiger partial charge in [-0.05, 0) is 57.9 Å². The molecule has 2 aromatic heterocycles. The highest BCUT2D eigenvalue weighted by molar-refractivity contribution is 9.10. The summed E-state index contributed by atoms with van der Waals surface area (Å²) < 4.78 is 26.5. The maximum absolute atomic E-state index is 11.9. The van der Waals surface area contributed by atoms with Gasteiger partial charge in [-0.1, -0.05) is 35.9 Å². The Labute approximate surface area is 180 Å². The number of aromatic nitrogens is 2. The van der Waals surface area contributed by atoms with E-state index in [4.69, 9.17) is 11.6 Å². The van der Waals surface area contributed by atoms with Crippen LogP contribution in [-0.2, 0) is 9.84 Å². The van der Waals surface area contributed by atoms with Gasteiger partial charge in [0.25, 0.3) is 0 Å². The van der Waals surface area contributed by atoms with Crippen LogP contribution in [-0.4, -0.2) is 24.5 Å². The minimum absolute atomic E-state index is 0.303. The topological polar surface area (TPSA) is 52.0 Å². The first kappa shape index (κ1) is 19.4. The number of benzene rings is 2. The molecule has 0 fully saturated rings. The molecule has 0 bridgehead atoms. The summed E-state index contributed by atoms with van der Waals surface area (Å²) in [6.07, 6.45) is 2.94. The van der Waals surface area contributed by atoms with Crippen LogP contribution in [0.4, 0.5) is 0 Å². The summed E-state index contributed by atoms with van der Waals surface area (Å²) in [4.78, 5) is 2.24. The molecule has 0 aliphatic heterocycles. The lowest BCUT2D eigenvalue weighted by Gasteiger charge is -2.08. The van der Waals surface area contributed by atoms with E-state index in [1.807, 2.05) is 42.5 Å². The molecule has 4 nitrogen and oxygen atoms in total. The Morgan fingerprint density at radius 1 is 1.07 bits per heavy atom. The van der Waals surface area contributed by atoms with E-state index >= 15 is 0 Å². The Morgan fingerprint density at radius 3 is 2.61 bits per heavy atom. The number of halogens is 2. The third-order valence-corrected chi connectivity index (χ3v) is 7.71. The van der Waals surface area contributed by atoms with Crippen LogP contribution in [0.15, 0.2) is 76.2 Å². The summed E-state index contributed by atoms with van der Waals surface area (Å²) in [6, 6.07) is 18.4. The average molecular weight is 494 g/mol. The Kier molecular flexibility index (Phi) is 5.18. The molecule has 2 heterocycles. The first-order chi connectivity index (χ1) is 13.3. The van der Waals surface area contributed by atoms with E-state index < -0.39 is 9.84 Å². The minimum atomic E-state index is -3.26. The molecule has 4 aromatic rings. The lowest BCUT2D eigenvalue weighted by molar-refractivity contribution is 0.602. The van der Waals surface area contributed by atoms with Crippen molar-refractivity contribution in [3.05, 3.63) is 76.4 Å². The average Bonchev–Trinajstić information content (AvgIpc) is 3.28. The number of para-hydroxylation sites is 1. The van der Waals surface area contributed by atoms with Crippen LogP contribution in [0.2, 0.25) is 5.02 Å². The fraction of sp³-hybridized carbons (Fsp3) is 0.0500. The SMILES string of the molecule is CS(=O)(=O)c1cccc(-c2cc(Br)c(-c3ccnn3-c3ccccc3Cl)s2)c1. The van der Waals surface area contributed by atoms with E-state index in [-0.39, 0.29) is 0 Å². The van der Waals surface area contributed by atoms with Crippen LogP contribution >= 0.6 is 38.9 Å². The van der Waals surface area contributed by atoms with Crippen molar-refractivity contribution in [2.24, 2.45) is 0 Å². The van der Waals surface area contributed by atoms with Crippen LogP contribution in [0.25, 0.3) is 26.7 Å². The molecule has 4 rings (SSSR count). The Morgan fingerprint density at radius 2 is 1.86 bits per heavy atom. The number of nitrogens with zero attached hydrogens (tertiary/aromatic N) is 2. The molecule has 0 unspecified atom stereocenters. The first-order valence-electron chi connectivity index (χ1n) is 8.24. The van der Waals surface area contributed by atoms with E-state index in [9.17, 15) is 8.42 Å². The van der Waals surface area contributed by atoms with Gasteiger partial charge in [0.15, 0.2) is 9.84 Å². The van der Waals surface area contributed by atoms with Crippen molar-refractivity contribution in [2.75, 3.05) is 6.26 Å². The zero-order valence-corrected chi connectivity index (χ0v) is 18.6. The maximum Gasteiger partial charge on any atom is 0.175 e. The normalized spacial score (nSPS) is 11.7. The van der Waals surface area contributed by atoms with Gasteiger partial charge in [0.2, 0.25) is 0 Å². The molecule has 8 heteroatoms. The van der Waals surface area contributed by atoms with E-state index in [0.29, 0.717) is 9.92 Å². The largest absolute Gasteiger partial charge is 0.231 e. The van der Waals surface area contributed by atoms with E-state index in [1.165, 1.54) is 6.26 Å². The summed E-state index contributed by atoms with van der Waals surface area (Å²) in [5.41, 5.74) is 2.55. The van der Waals surface area contributed by atoms with Crippen molar-refractivity contribution in [1.29, 1.82) is 0 Å². The van der Waals surface area contributed by atoms with E-state index in [0.717, 1.165) is 31.2 Å². The molecule has 0 spiro atoms. The second-order valence-electron chi connectivity index (χ2n) is 6.17. The highest BCUT2D eigenvalue weighted by Crippen LogP contribution is 2.42. The van der Waals surface area contributed by atoms with Crippen molar-refractivity contribution < 1.29 is 8.42 Å². The second-order valence-corrected chi connectivity index (χ2v) is 10.5. The first-order valence-corrected chi connectivity index (χ1v) is 12.1.